The molecule has 3 heterocycles. The summed E-state index contributed by atoms with van der Waals surface area (Å²) < 4.78 is 5.27. The van der Waals surface area contributed by atoms with Crippen molar-refractivity contribution in [2.75, 3.05) is 26.2 Å². The third kappa shape index (κ3) is 2.53. The molecule has 2 aliphatic heterocycles. The number of carbonyl (C=O) groups is 1. The zero-order valence-electron chi connectivity index (χ0n) is 11.3. The van der Waals surface area contributed by atoms with Crippen LogP contribution in [-0.4, -0.2) is 53.1 Å². The van der Waals surface area contributed by atoms with Gasteiger partial charge < -0.3 is 9.52 Å². The molecule has 0 spiro atoms. The van der Waals surface area contributed by atoms with Crippen LogP contribution >= 0.6 is 0 Å². The van der Waals surface area contributed by atoms with E-state index in [4.69, 9.17) is 9.52 Å². The van der Waals surface area contributed by atoms with Crippen molar-refractivity contribution in [3.63, 3.8) is 0 Å². The maximum absolute atomic E-state index is 10.9. The molecule has 5 heteroatoms. The van der Waals surface area contributed by atoms with Gasteiger partial charge in [-0.3, -0.25) is 9.80 Å². The average molecular weight is 264 g/mol. The summed E-state index contributed by atoms with van der Waals surface area (Å²) in [6.45, 7) is 7.16. The minimum absolute atomic E-state index is 0.0482. The largest absolute Gasteiger partial charge is 0.475 e. The van der Waals surface area contributed by atoms with Crippen LogP contribution in [-0.2, 0) is 6.54 Å². The Morgan fingerprint density at radius 3 is 3.05 bits per heavy atom. The van der Waals surface area contributed by atoms with Crippen LogP contribution in [0.1, 0.15) is 34.7 Å². The molecule has 1 N–H and O–H groups in total. The highest BCUT2D eigenvalue weighted by Crippen LogP contribution is 2.24. The summed E-state index contributed by atoms with van der Waals surface area (Å²) in [5.41, 5.74) is 1.00. The fourth-order valence-corrected chi connectivity index (χ4v) is 3.22. The molecule has 1 unspecified atom stereocenters. The molecule has 0 aromatic carbocycles. The number of furan rings is 1. The topological polar surface area (TPSA) is 56.9 Å². The predicted octanol–water partition coefficient (Wildman–Crippen LogP) is 1.57. The van der Waals surface area contributed by atoms with Crippen molar-refractivity contribution in [3.05, 3.63) is 23.2 Å². The first-order valence-electron chi connectivity index (χ1n) is 6.92. The molecule has 0 bridgehead atoms. The van der Waals surface area contributed by atoms with Crippen molar-refractivity contribution in [2.45, 2.75) is 32.4 Å². The maximum atomic E-state index is 10.9. The monoisotopic (exact) mass is 264 g/mol. The van der Waals surface area contributed by atoms with Crippen LogP contribution in [0.4, 0.5) is 0 Å². The molecule has 2 saturated heterocycles. The van der Waals surface area contributed by atoms with Crippen molar-refractivity contribution >= 4 is 5.97 Å². The van der Waals surface area contributed by atoms with Crippen molar-refractivity contribution in [2.24, 2.45) is 0 Å². The molecule has 0 aliphatic carbocycles. The van der Waals surface area contributed by atoms with Crippen molar-refractivity contribution in [1.29, 1.82) is 0 Å². The number of rotatable bonds is 3. The molecular weight excluding hydrogens is 244 g/mol. The smallest absolute Gasteiger partial charge is 0.371 e. The van der Waals surface area contributed by atoms with Crippen LogP contribution in [0, 0.1) is 6.92 Å². The van der Waals surface area contributed by atoms with Crippen molar-refractivity contribution < 1.29 is 14.3 Å². The molecule has 0 saturated carbocycles. The second-order valence-corrected chi connectivity index (χ2v) is 5.56. The van der Waals surface area contributed by atoms with Crippen molar-refractivity contribution in [1.82, 2.24) is 9.80 Å². The van der Waals surface area contributed by atoms with Gasteiger partial charge in [-0.05, 0) is 32.4 Å². The zero-order chi connectivity index (χ0) is 13.4. The fraction of sp³-hybridized carbons (Fsp3) is 0.643. The predicted molar refractivity (Wildman–Crippen MR) is 70.3 cm³/mol. The van der Waals surface area contributed by atoms with E-state index in [1.54, 1.807) is 6.07 Å². The number of aryl methyl sites for hydroxylation is 1. The Morgan fingerprint density at radius 2 is 2.32 bits per heavy atom. The normalized spacial score (nSPS) is 24.6. The van der Waals surface area contributed by atoms with Crippen LogP contribution < -0.4 is 0 Å². The summed E-state index contributed by atoms with van der Waals surface area (Å²) in [5, 5.41) is 8.94. The first-order valence-corrected chi connectivity index (χ1v) is 6.92. The van der Waals surface area contributed by atoms with Gasteiger partial charge in [0.25, 0.3) is 0 Å². The van der Waals surface area contributed by atoms with Crippen LogP contribution in [0.15, 0.2) is 10.5 Å². The molecule has 2 fully saturated rings. The Balaban J connectivity index is 1.66. The van der Waals surface area contributed by atoms with Gasteiger partial charge in [0, 0.05) is 37.8 Å². The maximum Gasteiger partial charge on any atom is 0.371 e. The quantitative estimate of drug-likeness (QED) is 0.898. The van der Waals surface area contributed by atoms with Crippen LogP contribution in [0.3, 0.4) is 0 Å². The van der Waals surface area contributed by atoms with Gasteiger partial charge in [0.05, 0.1) is 0 Å². The molecule has 104 valence electrons. The van der Waals surface area contributed by atoms with E-state index >= 15 is 0 Å². The lowest BCUT2D eigenvalue weighted by Crippen LogP contribution is -2.49. The number of hydrogen-bond acceptors (Lipinski definition) is 4. The van der Waals surface area contributed by atoms with Crippen LogP contribution in [0.25, 0.3) is 0 Å². The molecule has 19 heavy (non-hydrogen) atoms. The molecule has 0 amide bonds. The molecule has 1 aromatic heterocycles. The van der Waals surface area contributed by atoms with Gasteiger partial charge in [0.2, 0.25) is 5.76 Å². The molecule has 1 atom stereocenters. The first kappa shape index (κ1) is 12.7. The summed E-state index contributed by atoms with van der Waals surface area (Å²) in [6, 6.07) is 2.36. The standard InChI is InChI=1S/C14H20N2O3/c1-10-11(7-13(19-10)14(17)18)8-15-5-6-16-4-2-3-12(16)9-15/h7,12H,2-6,8-9H2,1H3,(H,17,18). The Kier molecular flexibility index (Phi) is 3.33. The Labute approximate surface area is 112 Å². The Hall–Kier alpha value is -1.33. The van der Waals surface area contributed by atoms with Gasteiger partial charge in [-0.15, -0.1) is 0 Å². The van der Waals surface area contributed by atoms with E-state index in [0.29, 0.717) is 6.04 Å². The van der Waals surface area contributed by atoms with Crippen LogP contribution in [0.2, 0.25) is 0 Å². The third-order valence-corrected chi connectivity index (χ3v) is 4.30. The highest BCUT2D eigenvalue weighted by molar-refractivity contribution is 5.84. The molecule has 5 nitrogen and oxygen atoms in total. The number of carboxylic acid groups (broad SMARTS) is 1. The third-order valence-electron chi connectivity index (χ3n) is 4.30. The Bertz CT molecular complexity index is 483. The molecule has 2 aliphatic rings. The summed E-state index contributed by atoms with van der Waals surface area (Å²) in [7, 11) is 0. The van der Waals surface area contributed by atoms with Gasteiger partial charge in [0.15, 0.2) is 0 Å². The van der Waals surface area contributed by atoms with E-state index in [1.165, 1.54) is 19.4 Å². The van der Waals surface area contributed by atoms with Crippen LogP contribution in [0.5, 0.6) is 0 Å². The SMILES string of the molecule is Cc1oc(C(=O)O)cc1CN1CCN2CCCC2C1. The van der Waals surface area contributed by atoms with Gasteiger partial charge in [-0.1, -0.05) is 0 Å². The molecule has 1 aromatic rings. The van der Waals surface area contributed by atoms with Crippen molar-refractivity contribution in [3.8, 4) is 0 Å². The number of nitrogens with zero attached hydrogens (tertiary/aromatic N) is 2. The average Bonchev–Trinajstić information content (AvgIpc) is 2.96. The van der Waals surface area contributed by atoms with E-state index in [2.05, 4.69) is 9.80 Å². The zero-order valence-corrected chi connectivity index (χ0v) is 11.3. The highest BCUT2D eigenvalue weighted by atomic mass is 16.4. The van der Waals surface area contributed by atoms with E-state index in [-0.39, 0.29) is 5.76 Å². The molecule has 3 rings (SSSR count). The second-order valence-electron chi connectivity index (χ2n) is 5.56. The number of fused-ring (bicyclic) bond motifs is 1. The van der Waals surface area contributed by atoms with Gasteiger partial charge in [-0.2, -0.15) is 0 Å². The number of aromatic carboxylic acids is 1. The van der Waals surface area contributed by atoms with E-state index in [9.17, 15) is 4.79 Å². The fourth-order valence-electron chi connectivity index (χ4n) is 3.22. The number of carboxylic acids is 1. The summed E-state index contributed by atoms with van der Waals surface area (Å²) in [6.07, 6.45) is 2.60. The highest BCUT2D eigenvalue weighted by Gasteiger charge is 2.30. The van der Waals surface area contributed by atoms with E-state index in [1.807, 2.05) is 6.92 Å². The number of hydrogen-bond donors (Lipinski definition) is 1. The molecule has 0 radical (unpaired) electrons. The molecular formula is C14H20N2O3. The summed E-state index contributed by atoms with van der Waals surface area (Å²) >= 11 is 0. The minimum Gasteiger partial charge on any atom is -0.475 e. The minimum atomic E-state index is -0.991. The lowest BCUT2D eigenvalue weighted by Gasteiger charge is -2.37. The lowest BCUT2D eigenvalue weighted by atomic mass is 10.1. The van der Waals surface area contributed by atoms with Gasteiger partial charge >= 0.3 is 5.97 Å². The van der Waals surface area contributed by atoms with Gasteiger partial charge in [0.1, 0.15) is 5.76 Å². The van der Waals surface area contributed by atoms with E-state index in [0.717, 1.165) is 37.5 Å². The second kappa shape index (κ2) is 4.98. The first-order chi connectivity index (χ1) is 9.13. The van der Waals surface area contributed by atoms with Gasteiger partial charge in [-0.25, -0.2) is 4.79 Å². The lowest BCUT2D eigenvalue weighted by molar-refractivity contribution is 0.0661. The summed E-state index contributed by atoms with van der Waals surface area (Å²) in [5.74, 6) is -0.215. The summed E-state index contributed by atoms with van der Waals surface area (Å²) in [4.78, 5) is 15.9. The number of piperazine rings is 1. The van der Waals surface area contributed by atoms with E-state index < -0.39 is 5.97 Å². The Morgan fingerprint density at radius 1 is 1.47 bits per heavy atom.